The smallest absolute Gasteiger partial charge is 0.256 e. The van der Waals surface area contributed by atoms with Gasteiger partial charge in [0.25, 0.3) is 5.91 Å². The van der Waals surface area contributed by atoms with Crippen LogP contribution >= 0.6 is 0 Å². The van der Waals surface area contributed by atoms with E-state index in [0.717, 1.165) is 12.1 Å². The zero-order chi connectivity index (χ0) is 14.2. The molecule has 1 saturated heterocycles. The first-order valence-electron chi connectivity index (χ1n) is 6.07. The number of carbonyl (C=O) groups excluding carboxylic acids is 1. The van der Waals surface area contributed by atoms with E-state index in [0.29, 0.717) is 13.2 Å². The Kier molecular flexibility index (Phi) is 3.71. The first kappa shape index (κ1) is 13.7. The SMILES string of the molecule is CC1CN(C(=O)c2cc(F)c(F)cc2N)C(C)CO1. The van der Waals surface area contributed by atoms with Gasteiger partial charge in [-0.1, -0.05) is 0 Å². The van der Waals surface area contributed by atoms with Gasteiger partial charge in [-0.2, -0.15) is 0 Å². The highest BCUT2D eigenvalue weighted by Crippen LogP contribution is 2.22. The lowest BCUT2D eigenvalue weighted by Crippen LogP contribution is -2.50. The largest absolute Gasteiger partial charge is 0.398 e. The predicted molar refractivity (Wildman–Crippen MR) is 66.7 cm³/mol. The summed E-state index contributed by atoms with van der Waals surface area (Å²) in [7, 11) is 0. The van der Waals surface area contributed by atoms with E-state index in [9.17, 15) is 13.6 Å². The number of morpholine rings is 1. The minimum Gasteiger partial charge on any atom is -0.398 e. The molecule has 2 atom stereocenters. The Morgan fingerprint density at radius 2 is 2.00 bits per heavy atom. The van der Waals surface area contributed by atoms with E-state index in [4.69, 9.17) is 10.5 Å². The fourth-order valence-electron chi connectivity index (χ4n) is 2.09. The Bertz CT molecular complexity index is 508. The second-order valence-corrected chi connectivity index (χ2v) is 4.80. The van der Waals surface area contributed by atoms with Crippen molar-refractivity contribution in [2.45, 2.75) is 26.0 Å². The van der Waals surface area contributed by atoms with Crippen LogP contribution in [0, 0.1) is 11.6 Å². The molecule has 2 unspecified atom stereocenters. The second-order valence-electron chi connectivity index (χ2n) is 4.80. The van der Waals surface area contributed by atoms with Crippen LogP contribution in [0.15, 0.2) is 12.1 Å². The molecule has 1 fully saturated rings. The summed E-state index contributed by atoms with van der Waals surface area (Å²) in [6.45, 7) is 4.50. The van der Waals surface area contributed by atoms with E-state index in [1.165, 1.54) is 0 Å². The van der Waals surface area contributed by atoms with Crippen LogP contribution in [0.5, 0.6) is 0 Å². The average Bonchev–Trinajstić information content (AvgIpc) is 2.36. The van der Waals surface area contributed by atoms with Crippen molar-refractivity contribution in [3.05, 3.63) is 29.3 Å². The third-order valence-electron chi connectivity index (χ3n) is 3.19. The number of halogens is 2. The van der Waals surface area contributed by atoms with E-state index in [-0.39, 0.29) is 23.4 Å². The molecule has 104 valence electrons. The van der Waals surface area contributed by atoms with E-state index in [1.807, 2.05) is 13.8 Å². The molecule has 0 aromatic heterocycles. The zero-order valence-corrected chi connectivity index (χ0v) is 10.8. The summed E-state index contributed by atoms with van der Waals surface area (Å²) in [6.07, 6.45) is -0.0910. The molecule has 0 saturated carbocycles. The van der Waals surface area contributed by atoms with Gasteiger partial charge in [-0.25, -0.2) is 8.78 Å². The van der Waals surface area contributed by atoms with E-state index in [2.05, 4.69) is 0 Å². The van der Waals surface area contributed by atoms with Gasteiger partial charge in [0.2, 0.25) is 0 Å². The van der Waals surface area contributed by atoms with Crippen molar-refractivity contribution in [1.29, 1.82) is 0 Å². The predicted octanol–water partition coefficient (Wildman–Crippen LogP) is 1.80. The Balaban J connectivity index is 2.31. The summed E-state index contributed by atoms with van der Waals surface area (Å²) < 4.78 is 31.7. The molecule has 2 N–H and O–H groups in total. The number of benzene rings is 1. The number of nitrogens with zero attached hydrogens (tertiary/aromatic N) is 1. The van der Waals surface area contributed by atoms with Gasteiger partial charge < -0.3 is 15.4 Å². The molecule has 4 nitrogen and oxygen atoms in total. The van der Waals surface area contributed by atoms with Crippen molar-refractivity contribution in [2.24, 2.45) is 0 Å². The summed E-state index contributed by atoms with van der Waals surface area (Å²) in [4.78, 5) is 13.9. The van der Waals surface area contributed by atoms with Gasteiger partial charge in [0.15, 0.2) is 11.6 Å². The second kappa shape index (κ2) is 5.13. The number of hydrogen-bond donors (Lipinski definition) is 1. The Morgan fingerprint density at radius 3 is 2.68 bits per heavy atom. The third kappa shape index (κ3) is 2.68. The van der Waals surface area contributed by atoms with Crippen molar-refractivity contribution in [2.75, 3.05) is 18.9 Å². The molecule has 0 spiro atoms. The van der Waals surface area contributed by atoms with Crippen molar-refractivity contribution in [1.82, 2.24) is 4.90 Å². The van der Waals surface area contributed by atoms with Crippen LogP contribution in [0.2, 0.25) is 0 Å². The monoisotopic (exact) mass is 270 g/mol. The molecular formula is C13H16F2N2O2. The van der Waals surface area contributed by atoms with E-state index < -0.39 is 17.5 Å². The Morgan fingerprint density at radius 1 is 1.37 bits per heavy atom. The van der Waals surface area contributed by atoms with Crippen molar-refractivity contribution in [3.63, 3.8) is 0 Å². The van der Waals surface area contributed by atoms with Crippen molar-refractivity contribution >= 4 is 11.6 Å². The van der Waals surface area contributed by atoms with Crippen LogP contribution in [-0.4, -0.2) is 36.1 Å². The summed E-state index contributed by atoms with van der Waals surface area (Å²) >= 11 is 0. The van der Waals surface area contributed by atoms with E-state index >= 15 is 0 Å². The van der Waals surface area contributed by atoms with Crippen LogP contribution < -0.4 is 5.73 Å². The normalized spacial score (nSPS) is 23.5. The molecule has 0 bridgehead atoms. The van der Waals surface area contributed by atoms with Crippen LogP contribution in [-0.2, 0) is 4.74 Å². The van der Waals surface area contributed by atoms with Crippen LogP contribution in [0.25, 0.3) is 0 Å². The molecule has 1 amide bonds. The van der Waals surface area contributed by atoms with Crippen LogP contribution in [0.1, 0.15) is 24.2 Å². The molecule has 1 aromatic rings. The lowest BCUT2D eigenvalue weighted by molar-refractivity contribution is -0.0386. The molecule has 0 aliphatic carbocycles. The molecule has 1 heterocycles. The highest BCUT2D eigenvalue weighted by atomic mass is 19.2. The molecule has 2 rings (SSSR count). The Labute approximate surface area is 110 Å². The van der Waals surface area contributed by atoms with Gasteiger partial charge in [-0.05, 0) is 19.9 Å². The maximum atomic E-state index is 13.2. The van der Waals surface area contributed by atoms with Gasteiger partial charge >= 0.3 is 0 Å². The average molecular weight is 270 g/mol. The van der Waals surface area contributed by atoms with Gasteiger partial charge in [0.05, 0.1) is 24.3 Å². The van der Waals surface area contributed by atoms with Gasteiger partial charge in [-0.15, -0.1) is 0 Å². The highest BCUT2D eigenvalue weighted by molar-refractivity contribution is 5.99. The number of anilines is 1. The Hall–Kier alpha value is -1.69. The fourth-order valence-corrected chi connectivity index (χ4v) is 2.09. The molecule has 6 heteroatoms. The number of amides is 1. The van der Waals surface area contributed by atoms with Crippen molar-refractivity contribution < 1.29 is 18.3 Å². The standard InChI is InChI=1S/C13H16F2N2O2/c1-7-6-19-8(2)5-17(7)13(18)9-3-10(14)11(15)4-12(9)16/h3-4,7-8H,5-6,16H2,1-2H3. The fraction of sp³-hybridized carbons (Fsp3) is 0.462. The minimum atomic E-state index is -1.08. The number of nitrogen functional groups attached to an aromatic ring is 1. The molecule has 1 aliphatic heterocycles. The minimum absolute atomic E-state index is 0.0140. The van der Waals surface area contributed by atoms with E-state index in [1.54, 1.807) is 4.90 Å². The number of nitrogens with two attached hydrogens (primary N) is 1. The van der Waals surface area contributed by atoms with Gasteiger partial charge in [0, 0.05) is 18.3 Å². The topological polar surface area (TPSA) is 55.6 Å². The number of ether oxygens (including phenoxy) is 1. The van der Waals surface area contributed by atoms with Gasteiger partial charge in [-0.3, -0.25) is 4.79 Å². The molecule has 1 aromatic carbocycles. The van der Waals surface area contributed by atoms with Crippen LogP contribution in [0.4, 0.5) is 14.5 Å². The summed E-state index contributed by atoms with van der Waals surface area (Å²) in [5.41, 5.74) is 5.52. The summed E-state index contributed by atoms with van der Waals surface area (Å²) in [6, 6.07) is 1.55. The van der Waals surface area contributed by atoms with Gasteiger partial charge in [0.1, 0.15) is 0 Å². The molecule has 1 aliphatic rings. The van der Waals surface area contributed by atoms with Crippen molar-refractivity contribution in [3.8, 4) is 0 Å². The lowest BCUT2D eigenvalue weighted by atomic mass is 10.1. The highest BCUT2D eigenvalue weighted by Gasteiger charge is 2.29. The third-order valence-corrected chi connectivity index (χ3v) is 3.19. The summed E-state index contributed by atoms with van der Waals surface area (Å²) in [5.74, 6) is -2.54. The first-order chi connectivity index (χ1) is 8.90. The number of hydrogen-bond acceptors (Lipinski definition) is 3. The molecule has 19 heavy (non-hydrogen) atoms. The number of rotatable bonds is 1. The molecule has 0 radical (unpaired) electrons. The lowest BCUT2D eigenvalue weighted by Gasteiger charge is -2.37. The maximum absolute atomic E-state index is 13.2. The first-order valence-corrected chi connectivity index (χ1v) is 6.07. The number of carbonyl (C=O) groups is 1. The van der Waals surface area contributed by atoms with Crippen LogP contribution in [0.3, 0.4) is 0 Å². The summed E-state index contributed by atoms with van der Waals surface area (Å²) in [5, 5.41) is 0. The maximum Gasteiger partial charge on any atom is 0.256 e. The quantitative estimate of drug-likeness (QED) is 0.792. The molecular weight excluding hydrogens is 254 g/mol. The zero-order valence-electron chi connectivity index (χ0n) is 10.8.